The van der Waals surface area contributed by atoms with Crippen LogP contribution in [0.25, 0.3) is 0 Å². The Morgan fingerprint density at radius 1 is 1.69 bits per heavy atom. The van der Waals surface area contributed by atoms with Crippen molar-refractivity contribution in [2.75, 3.05) is 6.54 Å². The highest BCUT2D eigenvalue weighted by atomic mass is 79.9. The van der Waals surface area contributed by atoms with Gasteiger partial charge < -0.3 is 5.73 Å². The van der Waals surface area contributed by atoms with Crippen molar-refractivity contribution in [3.63, 3.8) is 0 Å². The molecular weight excluding hydrogens is 230 g/mol. The average molecular weight is 244 g/mol. The van der Waals surface area contributed by atoms with E-state index in [0.29, 0.717) is 11.8 Å². The molecule has 1 aliphatic carbocycles. The second-order valence-corrected chi connectivity index (χ2v) is 4.54. The topological polar surface area (TPSA) is 43.8 Å². The number of halogens is 1. The van der Waals surface area contributed by atoms with Gasteiger partial charge in [0.15, 0.2) is 0 Å². The third kappa shape index (κ3) is 1.42. The monoisotopic (exact) mass is 243 g/mol. The van der Waals surface area contributed by atoms with E-state index in [9.17, 15) is 0 Å². The maximum atomic E-state index is 5.69. The SMILES string of the molecule is Cn1ncc(Br)c1C1CCC1CN. The van der Waals surface area contributed by atoms with Crippen molar-refractivity contribution in [3.05, 3.63) is 16.4 Å². The summed E-state index contributed by atoms with van der Waals surface area (Å²) in [6, 6.07) is 0. The third-order valence-electron chi connectivity index (χ3n) is 3.01. The largest absolute Gasteiger partial charge is 0.330 e. The van der Waals surface area contributed by atoms with Gasteiger partial charge in [-0.3, -0.25) is 4.68 Å². The smallest absolute Gasteiger partial charge is 0.0635 e. The average Bonchev–Trinajstić information content (AvgIpc) is 2.35. The fraction of sp³-hybridized carbons (Fsp3) is 0.667. The second kappa shape index (κ2) is 3.42. The van der Waals surface area contributed by atoms with Crippen LogP contribution >= 0.6 is 15.9 Å². The van der Waals surface area contributed by atoms with Gasteiger partial charge in [0.25, 0.3) is 0 Å². The summed E-state index contributed by atoms with van der Waals surface area (Å²) in [4.78, 5) is 0. The van der Waals surface area contributed by atoms with Crippen LogP contribution in [0.4, 0.5) is 0 Å². The highest BCUT2D eigenvalue weighted by Gasteiger charge is 2.34. The number of nitrogens with two attached hydrogens (primary N) is 1. The van der Waals surface area contributed by atoms with Crippen LogP contribution in [0.15, 0.2) is 10.7 Å². The Hall–Kier alpha value is -0.350. The molecule has 0 bridgehead atoms. The van der Waals surface area contributed by atoms with Crippen LogP contribution < -0.4 is 5.73 Å². The Morgan fingerprint density at radius 3 is 2.85 bits per heavy atom. The van der Waals surface area contributed by atoms with Crippen LogP contribution in [0.1, 0.15) is 24.5 Å². The zero-order valence-electron chi connectivity index (χ0n) is 7.70. The molecule has 1 fully saturated rings. The summed E-state index contributed by atoms with van der Waals surface area (Å²) in [5.41, 5.74) is 6.99. The van der Waals surface area contributed by atoms with E-state index >= 15 is 0 Å². The zero-order valence-corrected chi connectivity index (χ0v) is 9.29. The first kappa shape index (κ1) is 9.21. The predicted molar refractivity (Wildman–Crippen MR) is 55.4 cm³/mol. The molecule has 0 saturated heterocycles. The minimum Gasteiger partial charge on any atom is -0.330 e. The van der Waals surface area contributed by atoms with Crippen LogP contribution in [0.3, 0.4) is 0 Å². The van der Waals surface area contributed by atoms with E-state index in [1.165, 1.54) is 18.5 Å². The molecule has 0 radical (unpaired) electrons. The normalized spacial score (nSPS) is 27.3. The number of aromatic nitrogens is 2. The molecule has 1 aromatic heterocycles. The third-order valence-corrected chi connectivity index (χ3v) is 3.62. The highest BCUT2D eigenvalue weighted by Crippen LogP contribution is 2.43. The first-order valence-corrected chi connectivity index (χ1v) is 5.40. The van der Waals surface area contributed by atoms with Crippen molar-refractivity contribution in [2.45, 2.75) is 18.8 Å². The molecular formula is C9H14BrN3. The van der Waals surface area contributed by atoms with Crippen molar-refractivity contribution >= 4 is 15.9 Å². The molecule has 13 heavy (non-hydrogen) atoms. The molecule has 72 valence electrons. The summed E-state index contributed by atoms with van der Waals surface area (Å²) >= 11 is 3.52. The first-order chi connectivity index (χ1) is 6.24. The molecule has 0 aromatic carbocycles. The molecule has 2 rings (SSSR count). The summed E-state index contributed by atoms with van der Waals surface area (Å²) in [6.45, 7) is 0.794. The van der Waals surface area contributed by atoms with E-state index in [1.54, 1.807) is 0 Å². The second-order valence-electron chi connectivity index (χ2n) is 3.68. The minimum absolute atomic E-state index is 0.617. The van der Waals surface area contributed by atoms with E-state index in [-0.39, 0.29) is 0 Å². The van der Waals surface area contributed by atoms with Crippen molar-refractivity contribution in [1.82, 2.24) is 9.78 Å². The number of rotatable bonds is 2. The van der Waals surface area contributed by atoms with E-state index < -0.39 is 0 Å². The van der Waals surface area contributed by atoms with Crippen LogP contribution in [0, 0.1) is 5.92 Å². The van der Waals surface area contributed by atoms with E-state index in [0.717, 1.165) is 11.0 Å². The van der Waals surface area contributed by atoms with Gasteiger partial charge in [-0.1, -0.05) is 0 Å². The lowest BCUT2D eigenvalue weighted by atomic mass is 9.72. The number of aryl methyl sites for hydroxylation is 1. The number of hydrogen-bond donors (Lipinski definition) is 1. The fourth-order valence-electron chi connectivity index (χ4n) is 2.05. The van der Waals surface area contributed by atoms with Gasteiger partial charge in [0, 0.05) is 13.0 Å². The lowest BCUT2D eigenvalue weighted by Crippen LogP contribution is -2.32. The zero-order chi connectivity index (χ0) is 9.42. The van der Waals surface area contributed by atoms with Gasteiger partial charge in [-0.15, -0.1) is 0 Å². The molecule has 3 nitrogen and oxygen atoms in total. The Labute approximate surface area is 86.4 Å². The van der Waals surface area contributed by atoms with Crippen LogP contribution in [-0.4, -0.2) is 16.3 Å². The summed E-state index contributed by atoms with van der Waals surface area (Å²) in [5.74, 6) is 1.28. The van der Waals surface area contributed by atoms with Crippen molar-refractivity contribution in [1.29, 1.82) is 0 Å². The van der Waals surface area contributed by atoms with Crippen molar-refractivity contribution in [3.8, 4) is 0 Å². The van der Waals surface area contributed by atoms with Gasteiger partial charge in [-0.05, 0) is 41.2 Å². The van der Waals surface area contributed by atoms with Gasteiger partial charge in [0.05, 0.1) is 16.4 Å². The number of hydrogen-bond acceptors (Lipinski definition) is 2. The maximum absolute atomic E-state index is 5.69. The molecule has 2 atom stereocenters. The molecule has 4 heteroatoms. The van der Waals surface area contributed by atoms with Gasteiger partial charge in [0.1, 0.15) is 0 Å². The Morgan fingerprint density at radius 2 is 2.46 bits per heavy atom. The summed E-state index contributed by atoms with van der Waals surface area (Å²) in [7, 11) is 1.99. The van der Waals surface area contributed by atoms with Crippen LogP contribution in [-0.2, 0) is 7.05 Å². The Kier molecular flexibility index (Phi) is 2.43. The van der Waals surface area contributed by atoms with E-state index in [2.05, 4.69) is 21.0 Å². The maximum Gasteiger partial charge on any atom is 0.0635 e. The molecule has 1 aliphatic rings. The quantitative estimate of drug-likeness (QED) is 0.859. The molecule has 0 amide bonds. The van der Waals surface area contributed by atoms with Gasteiger partial charge in [-0.2, -0.15) is 5.10 Å². The minimum atomic E-state index is 0.617. The summed E-state index contributed by atoms with van der Waals surface area (Å²) in [5, 5.41) is 4.22. The summed E-state index contributed by atoms with van der Waals surface area (Å²) in [6.07, 6.45) is 4.38. The lowest BCUT2D eigenvalue weighted by Gasteiger charge is -2.36. The van der Waals surface area contributed by atoms with Gasteiger partial charge in [0.2, 0.25) is 0 Å². The lowest BCUT2D eigenvalue weighted by molar-refractivity contribution is 0.251. The van der Waals surface area contributed by atoms with Crippen LogP contribution in [0.2, 0.25) is 0 Å². The summed E-state index contributed by atoms with van der Waals surface area (Å²) < 4.78 is 3.08. The molecule has 2 N–H and O–H groups in total. The molecule has 2 unspecified atom stereocenters. The van der Waals surface area contributed by atoms with E-state index in [4.69, 9.17) is 5.73 Å². The molecule has 1 aromatic rings. The van der Waals surface area contributed by atoms with Gasteiger partial charge in [-0.25, -0.2) is 0 Å². The number of nitrogens with zero attached hydrogens (tertiary/aromatic N) is 2. The van der Waals surface area contributed by atoms with Crippen molar-refractivity contribution in [2.24, 2.45) is 18.7 Å². The van der Waals surface area contributed by atoms with Gasteiger partial charge >= 0.3 is 0 Å². The van der Waals surface area contributed by atoms with E-state index in [1.807, 2.05) is 17.9 Å². The Balaban J connectivity index is 2.25. The highest BCUT2D eigenvalue weighted by molar-refractivity contribution is 9.10. The first-order valence-electron chi connectivity index (χ1n) is 4.61. The van der Waals surface area contributed by atoms with Crippen molar-refractivity contribution < 1.29 is 0 Å². The fourth-order valence-corrected chi connectivity index (χ4v) is 2.69. The Bertz CT molecular complexity index is 286. The molecule has 1 heterocycles. The van der Waals surface area contributed by atoms with Crippen LogP contribution in [0.5, 0.6) is 0 Å². The predicted octanol–water partition coefficient (Wildman–Crippen LogP) is 1.63. The standard InChI is InChI=1S/C9H14BrN3/c1-13-9(8(10)5-12-13)7-3-2-6(7)4-11/h5-7H,2-4,11H2,1H3. The molecule has 0 aliphatic heterocycles. The molecule has 1 saturated carbocycles. The molecule has 0 spiro atoms.